The standard InChI is InChI=1S/C22H21ClN4O2/c1-13(2)27-19-7-5-4-6-17(19)25-21(27)14(3)24-22(28)18-12-20(29-26-18)15-8-10-16(23)11-9-15/h4-14H,1-3H3,(H,24,28)/t14-/m0/s1. The predicted octanol–water partition coefficient (Wildman–Crippen LogP) is 5.42. The summed E-state index contributed by atoms with van der Waals surface area (Å²) < 4.78 is 7.48. The number of para-hydroxylation sites is 2. The Hall–Kier alpha value is -3.12. The van der Waals surface area contributed by atoms with Crippen molar-refractivity contribution in [2.75, 3.05) is 0 Å². The van der Waals surface area contributed by atoms with Crippen molar-refractivity contribution < 1.29 is 9.32 Å². The maximum Gasteiger partial charge on any atom is 0.274 e. The summed E-state index contributed by atoms with van der Waals surface area (Å²) in [6.07, 6.45) is 0. The molecule has 0 unspecified atom stereocenters. The van der Waals surface area contributed by atoms with E-state index in [0.717, 1.165) is 22.4 Å². The van der Waals surface area contributed by atoms with Crippen LogP contribution in [0.1, 0.15) is 49.2 Å². The number of nitrogens with one attached hydrogen (secondary N) is 1. The largest absolute Gasteiger partial charge is 0.355 e. The first-order chi connectivity index (χ1) is 13.9. The normalized spacial score (nSPS) is 12.4. The number of hydrogen-bond donors (Lipinski definition) is 1. The molecule has 148 valence electrons. The third-order valence-electron chi connectivity index (χ3n) is 4.75. The van der Waals surface area contributed by atoms with E-state index < -0.39 is 0 Å². The van der Waals surface area contributed by atoms with Gasteiger partial charge in [0.1, 0.15) is 5.82 Å². The first-order valence-corrected chi connectivity index (χ1v) is 9.82. The summed E-state index contributed by atoms with van der Waals surface area (Å²) in [7, 11) is 0. The molecule has 1 N–H and O–H groups in total. The number of benzene rings is 2. The number of fused-ring (bicyclic) bond motifs is 1. The molecule has 4 rings (SSSR count). The van der Waals surface area contributed by atoms with Gasteiger partial charge in [0, 0.05) is 22.7 Å². The molecule has 0 aliphatic carbocycles. The van der Waals surface area contributed by atoms with Crippen molar-refractivity contribution >= 4 is 28.5 Å². The van der Waals surface area contributed by atoms with Crippen molar-refractivity contribution in [3.05, 3.63) is 71.1 Å². The molecular weight excluding hydrogens is 388 g/mol. The van der Waals surface area contributed by atoms with Crippen LogP contribution in [0.15, 0.2) is 59.1 Å². The fourth-order valence-electron chi connectivity index (χ4n) is 3.38. The van der Waals surface area contributed by atoms with Crippen molar-refractivity contribution in [1.82, 2.24) is 20.0 Å². The number of amides is 1. The summed E-state index contributed by atoms with van der Waals surface area (Å²) in [5, 5.41) is 7.52. The van der Waals surface area contributed by atoms with Crippen LogP contribution in [0.4, 0.5) is 0 Å². The third-order valence-corrected chi connectivity index (χ3v) is 5.00. The number of aromatic nitrogens is 3. The molecule has 1 amide bonds. The third kappa shape index (κ3) is 3.76. The van der Waals surface area contributed by atoms with Crippen LogP contribution >= 0.6 is 11.6 Å². The second-order valence-electron chi connectivity index (χ2n) is 7.20. The van der Waals surface area contributed by atoms with Crippen molar-refractivity contribution in [3.8, 4) is 11.3 Å². The Labute approximate surface area is 173 Å². The van der Waals surface area contributed by atoms with Gasteiger partial charge in [0.25, 0.3) is 5.91 Å². The van der Waals surface area contributed by atoms with Crippen LogP contribution in [-0.4, -0.2) is 20.6 Å². The van der Waals surface area contributed by atoms with E-state index in [1.165, 1.54) is 0 Å². The molecule has 0 saturated heterocycles. The number of imidazole rings is 1. The SMILES string of the molecule is CC(C)n1c([C@H](C)NC(=O)c2cc(-c3ccc(Cl)cc3)on2)nc2ccccc21. The number of hydrogen-bond acceptors (Lipinski definition) is 4. The van der Waals surface area contributed by atoms with Crippen LogP contribution in [0.2, 0.25) is 5.02 Å². The summed E-state index contributed by atoms with van der Waals surface area (Å²) in [5.74, 6) is 0.994. The van der Waals surface area contributed by atoms with Gasteiger partial charge >= 0.3 is 0 Å². The minimum Gasteiger partial charge on any atom is -0.355 e. The molecule has 7 heteroatoms. The van der Waals surface area contributed by atoms with Gasteiger partial charge in [-0.15, -0.1) is 0 Å². The van der Waals surface area contributed by atoms with E-state index in [0.29, 0.717) is 10.8 Å². The van der Waals surface area contributed by atoms with E-state index in [4.69, 9.17) is 21.1 Å². The molecule has 0 spiro atoms. The number of carbonyl (C=O) groups is 1. The minimum atomic E-state index is -0.316. The van der Waals surface area contributed by atoms with Gasteiger partial charge in [-0.3, -0.25) is 4.79 Å². The quantitative estimate of drug-likeness (QED) is 0.478. The highest BCUT2D eigenvalue weighted by Gasteiger charge is 2.22. The average Bonchev–Trinajstić information content (AvgIpc) is 3.33. The lowest BCUT2D eigenvalue weighted by Gasteiger charge is -2.18. The van der Waals surface area contributed by atoms with Crippen molar-refractivity contribution in [2.24, 2.45) is 0 Å². The molecule has 0 aliphatic rings. The number of rotatable bonds is 5. The number of carbonyl (C=O) groups excluding carboxylic acids is 1. The molecule has 2 heterocycles. The molecule has 6 nitrogen and oxygen atoms in total. The van der Waals surface area contributed by atoms with Gasteiger partial charge in [0.2, 0.25) is 0 Å². The zero-order chi connectivity index (χ0) is 20.5. The molecule has 0 aliphatic heterocycles. The van der Waals surface area contributed by atoms with Gasteiger partial charge in [-0.2, -0.15) is 0 Å². The number of halogens is 1. The van der Waals surface area contributed by atoms with Crippen LogP contribution < -0.4 is 5.32 Å². The molecule has 4 aromatic rings. The van der Waals surface area contributed by atoms with Gasteiger partial charge in [-0.05, 0) is 57.2 Å². The zero-order valence-corrected chi connectivity index (χ0v) is 17.1. The van der Waals surface area contributed by atoms with E-state index >= 15 is 0 Å². The highest BCUT2D eigenvalue weighted by Crippen LogP contribution is 2.26. The molecule has 0 saturated carbocycles. The van der Waals surface area contributed by atoms with Crippen molar-refractivity contribution in [3.63, 3.8) is 0 Å². The van der Waals surface area contributed by atoms with Crippen molar-refractivity contribution in [1.29, 1.82) is 0 Å². The lowest BCUT2D eigenvalue weighted by molar-refractivity contribution is 0.0928. The monoisotopic (exact) mass is 408 g/mol. The van der Waals surface area contributed by atoms with Crippen molar-refractivity contribution in [2.45, 2.75) is 32.9 Å². The van der Waals surface area contributed by atoms with Crippen LogP contribution in [0.3, 0.4) is 0 Å². The smallest absolute Gasteiger partial charge is 0.274 e. The first kappa shape index (κ1) is 19.2. The minimum absolute atomic E-state index is 0.209. The van der Waals surface area contributed by atoms with Gasteiger partial charge in [-0.25, -0.2) is 4.98 Å². The summed E-state index contributed by atoms with van der Waals surface area (Å²) >= 11 is 5.92. The lowest BCUT2D eigenvalue weighted by Crippen LogP contribution is -2.29. The fraction of sp³-hybridized carbons (Fsp3) is 0.227. The van der Waals surface area contributed by atoms with E-state index in [-0.39, 0.29) is 23.7 Å². The summed E-state index contributed by atoms with van der Waals surface area (Å²) in [6.45, 7) is 6.11. The maximum absolute atomic E-state index is 12.7. The molecular formula is C22H21ClN4O2. The highest BCUT2D eigenvalue weighted by atomic mass is 35.5. The van der Waals surface area contributed by atoms with Crippen LogP contribution in [0.25, 0.3) is 22.4 Å². The summed E-state index contributed by atoms with van der Waals surface area (Å²) in [5.41, 5.74) is 2.97. The van der Waals surface area contributed by atoms with E-state index in [1.54, 1.807) is 18.2 Å². The van der Waals surface area contributed by atoms with E-state index in [1.807, 2.05) is 43.3 Å². The summed E-state index contributed by atoms with van der Waals surface area (Å²) in [4.78, 5) is 17.5. The summed E-state index contributed by atoms with van der Waals surface area (Å²) in [6, 6.07) is 16.7. The molecule has 0 radical (unpaired) electrons. The average molecular weight is 409 g/mol. The predicted molar refractivity (Wildman–Crippen MR) is 113 cm³/mol. The Morgan fingerprint density at radius 3 is 2.55 bits per heavy atom. The lowest BCUT2D eigenvalue weighted by atomic mass is 10.1. The van der Waals surface area contributed by atoms with E-state index in [9.17, 15) is 4.79 Å². The zero-order valence-electron chi connectivity index (χ0n) is 16.4. The highest BCUT2D eigenvalue weighted by molar-refractivity contribution is 6.30. The Kier molecular flexibility index (Phi) is 5.11. The Balaban J connectivity index is 1.57. The molecule has 2 aromatic heterocycles. The molecule has 0 bridgehead atoms. The first-order valence-electron chi connectivity index (χ1n) is 9.44. The Morgan fingerprint density at radius 2 is 1.83 bits per heavy atom. The molecule has 2 aromatic carbocycles. The molecule has 29 heavy (non-hydrogen) atoms. The second-order valence-corrected chi connectivity index (χ2v) is 7.64. The van der Waals surface area contributed by atoms with Crippen LogP contribution in [-0.2, 0) is 0 Å². The van der Waals surface area contributed by atoms with Crippen LogP contribution in [0, 0.1) is 0 Å². The molecule has 0 fully saturated rings. The second kappa shape index (κ2) is 7.72. The van der Waals surface area contributed by atoms with E-state index in [2.05, 4.69) is 28.9 Å². The van der Waals surface area contributed by atoms with Gasteiger partial charge in [0.15, 0.2) is 11.5 Å². The van der Waals surface area contributed by atoms with Gasteiger partial charge < -0.3 is 14.4 Å². The Bertz CT molecular complexity index is 1160. The molecule has 1 atom stereocenters. The fourth-order valence-corrected chi connectivity index (χ4v) is 3.50. The van der Waals surface area contributed by atoms with Gasteiger partial charge in [0.05, 0.1) is 17.1 Å². The van der Waals surface area contributed by atoms with Gasteiger partial charge in [-0.1, -0.05) is 28.9 Å². The maximum atomic E-state index is 12.7. The topological polar surface area (TPSA) is 73.0 Å². The number of nitrogens with zero attached hydrogens (tertiary/aromatic N) is 3. The Morgan fingerprint density at radius 1 is 1.10 bits per heavy atom. The van der Waals surface area contributed by atoms with Crippen LogP contribution in [0.5, 0.6) is 0 Å².